The van der Waals surface area contributed by atoms with Crippen LogP contribution in [0.4, 0.5) is 17.2 Å². The van der Waals surface area contributed by atoms with E-state index in [1.807, 2.05) is 29.1 Å². The lowest BCUT2D eigenvalue weighted by Gasteiger charge is -2.13. The van der Waals surface area contributed by atoms with Gasteiger partial charge in [0.25, 0.3) is 0 Å². The van der Waals surface area contributed by atoms with Crippen LogP contribution in [0.25, 0.3) is 11.4 Å². The van der Waals surface area contributed by atoms with Crippen LogP contribution in [0.3, 0.4) is 0 Å². The summed E-state index contributed by atoms with van der Waals surface area (Å²) in [4.78, 5) is 19.9. The fourth-order valence-corrected chi connectivity index (χ4v) is 3.76. The smallest absolute Gasteiger partial charge is 0.149 e. The molecule has 0 unspecified atom stereocenters. The molecular formula is C25H29N9. The van der Waals surface area contributed by atoms with E-state index in [4.69, 9.17) is 10.1 Å². The van der Waals surface area contributed by atoms with E-state index in [1.54, 1.807) is 12.4 Å². The van der Waals surface area contributed by atoms with Gasteiger partial charge in [0.15, 0.2) is 0 Å². The first-order valence-electron chi connectivity index (χ1n) is 11.6. The highest BCUT2D eigenvalue weighted by molar-refractivity contribution is 5.62. The van der Waals surface area contributed by atoms with E-state index in [0.29, 0.717) is 12.5 Å². The van der Waals surface area contributed by atoms with Gasteiger partial charge in [0.05, 0.1) is 53.9 Å². The number of pyridine rings is 2. The van der Waals surface area contributed by atoms with E-state index in [9.17, 15) is 0 Å². The predicted molar refractivity (Wildman–Crippen MR) is 133 cm³/mol. The van der Waals surface area contributed by atoms with Crippen molar-refractivity contribution in [2.24, 2.45) is 0 Å². The van der Waals surface area contributed by atoms with Crippen LogP contribution in [-0.4, -0.2) is 55.3 Å². The summed E-state index contributed by atoms with van der Waals surface area (Å²) in [5.74, 6) is 1.38. The zero-order valence-corrected chi connectivity index (χ0v) is 19.5. The Balaban J connectivity index is 1.39. The fourth-order valence-electron chi connectivity index (χ4n) is 3.76. The molecule has 0 bridgehead atoms. The molecule has 4 aromatic rings. The van der Waals surface area contributed by atoms with E-state index in [-0.39, 0.29) is 0 Å². The Hall–Kier alpha value is -3.85. The van der Waals surface area contributed by atoms with Crippen molar-refractivity contribution in [3.63, 3.8) is 0 Å². The monoisotopic (exact) mass is 455 g/mol. The highest BCUT2D eigenvalue weighted by Crippen LogP contribution is 2.39. The van der Waals surface area contributed by atoms with Gasteiger partial charge in [-0.2, -0.15) is 5.10 Å². The molecule has 9 heteroatoms. The average molecular weight is 456 g/mol. The zero-order valence-electron chi connectivity index (χ0n) is 19.5. The molecule has 1 aliphatic rings. The summed E-state index contributed by atoms with van der Waals surface area (Å²) in [6.07, 6.45) is 9.26. The maximum Gasteiger partial charge on any atom is 0.149 e. The molecule has 5 rings (SSSR count). The van der Waals surface area contributed by atoms with Crippen LogP contribution in [0.15, 0.2) is 61.3 Å². The fraction of sp³-hybridized carbons (Fsp3) is 0.320. The summed E-state index contributed by atoms with van der Waals surface area (Å²) in [6, 6.07) is 12.2. The molecule has 9 nitrogen and oxygen atoms in total. The molecule has 0 aromatic carbocycles. The molecule has 0 atom stereocenters. The first-order chi connectivity index (χ1) is 16.7. The lowest BCUT2D eigenvalue weighted by atomic mass is 10.2. The molecule has 1 saturated carbocycles. The van der Waals surface area contributed by atoms with E-state index in [1.165, 1.54) is 19.2 Å². The van der Waals surface area contributed by atoms with Gasteiger partial charge in [-0.25, -0.2) is 9.97 Å². The molecule has 4 heterocycles. The Morgan fingerprint density at radius 1 is 1.09 bits per heavy atom. The second-order valence-corrected chi connectivity index (χ2v) is 8.77. The molecule has 2 N–H and O–H groups in total. The molecule has 0 aliphatic heterocycles. The molecule has 4 aromatic heterocycles. The molecule has 0 amide bonds. The zero-order chi connectivity index (χ0) is 23.3. The number of rotatable bonds is 10. The van der Waals surface area contributed by atoms with Crippen LogP contribution >= 0.6 is 0 Å². The van der Waals surface area contributed by atoms with Crippen molar-refractivity contribution in [2.75, 3.05) is 31.3 Å². The maximum absolute atomic E-state index is 4.97. The van der Waals surface area contributed by atoms with Gasteiger partial charge < -0.3 is 15.5 Å². The normalized spacial score (nSPS) is 13.3. The van der Waals surface area contributed by atoms with E-state index in [0.717, 1.165) is 53.1 Å². The number of likely N-dealkylation sites (N-methyl/N-ethyl adjacent to an activating group) is 1. The average Bonchev–Trinajstić information content (AvgIpc) is 3.63. The minimum Gasteiger partial charge on any atom is -0.363 e. The quantitative estimate of drug-likeness (QED) is 0.371. The van der Waals surface area contributed by atoms with Crippen LogP contribution in [0.5, 0.6) is 0 Å². The molecule has 0 spiro atoms. The number of hydrogen-bond donors (Lipinski definition) is 2. The number of hydrogen-bond acceptors (Lipinski definition) is 8. The van der Waals surface area contributed by atoms with Crippen molar-refractivity contribution in [3.05, 3.63) is 72.7 Å². The number of nitrogens with one attached hydrogen (secondary N) is 2. The minimum absolute atomic E-state index is 0.545. The van der Waals surface area contributed by atoms with Crippen molar-refractivity contribution >= 4 is 17.2 Å². The summed E-state index contributed by atoms with van der Waals surface area (Å²) >= 11 is 0. The lowest BCUT2D eigenvalue weighted by molar-refractivity contribution is 0.374. The largest absolute Gasteiger partial charge is 0.363 e. The lowest BCUT2D eigenvalue weighted by Crippen LogP contribution is -2.19. The van der Waals surface area contributed by atoms with Gasteiger partial charge in [0, 0.05) is 30.4 Å². The first kappa shape index (κ1) is 22.0. The Labute approximate surface area is 199 Å². The number of anilines is 3. The van der Waals surface area contributed by atoms with Gasteiger partial charge in [-0.15, -0.1) is 0 Å². The Bertz CT molecular complexity index is 1220. The van der Waals surface area contributed by atoms with Gasteiger partial charge in [-0.1, -0.05) is 6.07 Å². The van der Waals surface area contributed by atoms with Crippen LogP contribution in [-0.2, 0) is 13.1 Å². The Morgan fingerprint density at radius 3 is 2.68 bits per heavy atom. The molecule has 34 heavy (non-hydrogen) atoms. The second-order valence-electron chi connectivity index (χ2n) is 8.77. The van der Waals surface area contributed by atoms with Gasteiger partial charge in [-0.3, -0.25) is 14.6 Å². The topological polar surface area (TPSA) is 96.7 Å². The van der Waals surface area contributed by atoms with E-state index >= 15 is 0 Å². The van der Waals surface area contributed by atoms with Gasteiger partial charge in [-0.05, 0) is 51.2 Å². The number of nitrogens with zero attached hydrogens (tertiary/aromatic N) is 7. The number of aromatic nitrogens is 6. The maximum atomic E-state index is 4.97. The van der Waals surface area contributed by atoms with Crippen molar-refractivity contribution in [3.8, 4) is 11.4 Å². The summed E-state index contributed by atoms with van der Waals surface area (Å²) in [5.41, 5.74) is 5.75. The van der Waals surface area contributed by atoms with Crippen LogP contribution in [0, 0.1) is 0 Å². The highest BCUT2D eigenvalue weighted by Gasteiger charge is 2.25. The third-order valence-corrected chi connectivity index (χ3v) is 5.73. The third-order valence-electron chi connectivity index (χ3n) is 5.73. The Kier molecular flexibility index (Phi) is 6.44. The van der Waals surface area contributed by atoms with Crippen molar-refractivity contribution in [1.82, 2.24) is 34.6 Å². The summed E-state index contributed by atoms with van der Waals surface area (Å²) in [5, 5.41) is 11.7. The molecule has 1 fully saturated rings. The molecule has 1 aliphatic carbocycles. The van der Waals surface area contributed by atoms with Crippen molar-refractivity contribution in [2.45, 2.75) is 31.8 Å². The summed E-state index contributed by atoms with van der Waals surface area (Å²) < 4.78 is 2.01. The van der Waals surface area contributed by atoms with E-state index in [2.05, 4.69) is 62.8 Å². The first-order valence-corrected chi connectivity index (χ1v) is 11.6. The molecule has 0 saturated heterocycles. The Morgan fingerprint density at radius 2 is 1.94 bits per heavy atom. The van der Waals surface area contributed by atoms with Gasteiger partial charge in [0.2, 0.25) is 0 Å². The van der Waals surface area contributed by atoms with Crippen LogP contribution in [0.2, 0.25) is 0 Å². The molecule has 0 radical (unpaired) electrons. The van der Waals surface area contributed by atoms with Crippen LogP contribution < -0.4 is 10.6 Å². The van der Waals surface area contributed by atoms with Crippen molar-refractivity contribution < 1.29 is 0 Å². The van der Waals surface area contributed by atoms with Crippen LogP contribution in [0.1, 0.15) is 30.1 Å². The molecule has 174 valence electrons. The predicted octanol–water partition coefficient (Wildman–Crippen LogP) is 3.92. The SMILES string of the molecule is CN(C)CCn1nc(NCc2nc(C3CC3)ccc2Nc2cncnc2)cc1-c1ccccn1. The van der Waals surface area contributed by atoms with Gasteiger partial charge in [0.1, 0.15) is 12.1 Å². The second kappa shape index (κ2) is 9.96. The van der Waals surface area contributed by atoms with Gasteiger partial charge >= 0.3 is 0 Å². The standard InChI is InChI=1S/C25H29N9/c1-33(2)11-12-34-24(22-5-3-4-10-28-22)13-25(32-34)29-16-23-21(30-19-14-26-17-27-15-19)9-8-20(31-23)18-6-7-18/h3-5,8-10,13-15,17-18,30H,6-7,11-12,16H2,1-2H3,(H,29,32). The third kappa shape index (κ3) is 5.37. The molecular weight excluding hydrogens is 426 g/mol. The van der Waals surface area contributed by atoms with E-state index < -0.39 is 0 Å². The van der Waals surface area contributed by atoms with Crippen molar-refractivity contribution in [1.29, 1.82) is 0 Å². The summed E-state index contributed by atoms with van der Waals surface area (Å²) in [6.45, 7) is 2.21. The minimum atomic E-state index is 0.545. The highest BCUT2D eigenvalue weighted by atomic mass is 15.3. The summed E-state index contributed by atoms with van der Waals surface area (Å²) in [7, 11) is 4.13.